The summed E-state index contributed by atoms with van der Waals surface area (Å²) in [6.07, 6.45) is 2.00. The second-order valence-corrected chi connectivity index (χ2v) is 2.82. The van der Waals surface area contributed by atoms with Crippen LogP contribution in [0.2, 0.25) is 0 Å². The number of carbonyl (C=O) groups excluding carboxylic acids is 1. The molecule has 1 aromatic rings. The molecule has 5 heteroatoms. The molecule has 0 spiro atoms. The Morgan fingerprint density at radius 1 is 1.58 bits per heavy atom. The number of hydrogen-bond acceptors (Lipinski definition) is 3. The molecule has 1 aromatic heterocycles. The second-order valence-electron chi connectivity index (χ2n) is 2.82. The van der Waals surface area contributed by atoms with Gasteiger partial charge in [-0.3, -0.25) is 9.89 Å². The van der Waals surface area contributed by atoms with Crippen molar-refractivity contribution in [1.29, 1.82) is 0 Å². The molecule has 5 nitrogen and oxygen atoms in total. The first-order valence-corrected chi connectivity index (χ1v) is 3.90. The van der Waals surface area contributed by atoms with Crippen molar-refractivity contribution in [2.24, 2.45) is 5.73 Å². The van der Waals surface area contributed by atoms with Crippen LogP contribution in [0, 0.1) is 0 Å². The van der Waals surface area contributed by atoms with E-state index in [1.165, 1.54) is 0 Å². The fourth-order valence-corrected chi connectivity index (χ4v) is 1.41. The van der Waals surface area contributed by atoms with Gasteiger partial charge < -0.3 is 11.1 Å². The largest absolute Gasteiger partial charge is 0.382 e. The summed E-state index contributed by atoms with van der Waals surface area (Å²) in [5, 5.41) is 9.73. The second kappa shape index (κ2) is 2.51. The number of hydrogen-bond donors (Lipinski definition) is 3. The Bertz CT molecular complexity index is 317. The van der Waals surface area contributed by atoms with Crippen LogP contribution < -0.4 is 11.1 Å². The van der Waals surface area contributed by atoms with E-state index in [-0.39, 0.29) is 0 Å². The van der Waals surface area contributed by atoms with Gasteiger partial charge >= 0.3 is 0 Å². The van der Waals surface area contributed by atoms with Crippen molar-refractivity contribution in [2.75, 3.05) is 11.9 Å². The number of nitrogens with zero attached hydrogens (tertiary/aromatic N) is 1. The first-order chi connectivity index (χ1) is 5.79. The van der Waals surface area contributed by atoms with Crippen molar-refractivity contribution in [3.8, 4) is 0 Å². The molecule has 0 fully saturated rings. The lowest BCUT2D eigenvalue weighted by molar-refractivity contribution is 0.0996. The van der Waals surface area contributed by atoms with Crippen LogP contribution in [-0.4, -0.2) is 22.6 Å². The number of aromatic amines is 1. The average molecular weight is 166 g/mol. The summed E-state index contributed by atoms with van der Waals surface area (Å²) in [4.78, 5) is 10.8. The van der Waals surface area contributed by atoms with Crippen LogP contribution in [0.15, 0.2) is 0 Å². The van der Waals surface area contributed by atoms with E-state index >= 15 is 0 Å². The fraction of sp³-hybridized carbons (Fsp3) is 0.429. The molecule has 2 rings (SSSR count). The Labute approximate surface area is 69.3 Å². The number of rotatable bonds is 1. The molecule has 1 amide bonds. The highest BCUT2D eigenvalue weighted by Crippen LogP contribution is 2.22. The number of amides is 1. The standard InChI is InChI=1S/C7H10N4O/c8-7(12)6-5-4(10-11-6)2-1-3-9-5/h9H,1-3H2,(H2,8,12)(H,10,11). The van der Waals surface area contributed by atoms with E-state index in [0.717, 1.165) is 30.8 Å². The van der Waals surface area contributed by atoms with E-state index in [1.807, 2.05) is 0 Å². The minimum Gasteiger partial charge on any atom is -0.382 e. The molecule has 0 atom stereocenters. The van der Waals surface area contributed by atoms with E-state index < -0.39 is 5.91 Å². The van der Waals surface area contributed by atoms with E-state index in [2.05, 4.69) is 15.5 Å². The molecular formula is C7H10N4O. The number of carbonyl (C=O) groups is 1. The molecule has 0 bridgehead atoms. The highest BCUT2D eigenvalue weighted by molar-refractivity contribution is 5.97. The summed E-state index contributed by atoms with van der Waals surface area (Å²) in [6, 6.07) is 0. The molecule has 0 saturated carbocycles. The summed E-state index contributed by atoms with van der Waals surface area (Å²) in [5.74, 6) is -0.484. The number of aryl methyl sites for hydroxylation is 1. The molecule has 0 unspecified atom stereocenters. The van der Waals surface area contributed by atoms with Gasteiger partial charge in [0.1, 0.15) is 0 Å². The number of H-pyrrole nitrogens is 1. The Balaban J connectivity index is 2.44. The highest BCUT2D eigenvalue weighted by atomic mass is 16.1. The van der Waals surface area contributed by atoms with Crippen molar-refractivity contribution in [3.63, 3.8) is 0 Å². The number of aromatic nitrogens is 2. The third kappa shape index (κ3) is 0.939. The number of nitrogens with two attached hydrogens (primary N) is 1. The van der Waals surface area contributed by atoms with Gasteiger partial charge in [0.2, 0.25) is 0 Å². The van der Waals surface area contributed by atoms with Gasteiger partial charge in [-0.05, 0) is 12.8 Å². The molecule has 0 saturated heterocycles. The maximum atomic E-state index is 10.8. The third-order valence-corrected chi connectivity index (χ3v) is 1.98. The zero-order valence-corrected chi connectivity index (χ0v) is 6.55. The molecule has 4 N–H and O–H groups in total. The zero-order chi connectivity index (χ0) is 8.55. The Kier molecular flexibility index (Phi) is 1.49. The zero-order valence-electron chi connectivity index (χ0n) is 6.55. The van der Waals surface area contributed by atoms with Crippen molar-refractivity contribution < 1.29 is 4.79 Å². The van der Waals surface area contributed by atoms with Gasteiger partial charge in [-0.2, -0.15) is 5.10 Å². The minimum absolute atomic E-state index is 0.324. The predicted octanol–water partition coefficient (Wildman–Crippen LogP) is -0.133. The lowest BCUT2D eigenvalue weighted by Gasteiger charge is -2.12. The van der Waals surface area contributed by atoms with Crippen LogP contribution in [0.1, 0.15) is 22.6 Å². The van der Waals surface area contributed by atoms with Gasteiger partial charge in [0.05, 0.1) is 11.4 Å². The molecular weight excluding hydrogens is 156 g/mol. The van der Waals surface area contributed by atoms with Crippen molar-refractivity contribution in [3.05, 3.63) is 11.4 Å². The SMILES string of the molecule is NC(=O)c1n[nH]c2c1NCCC2. The van der Waals surface area contributed by atoms with Crippen LogP contribution >= 0.6 is 0 Å². The Morgan fingerprint density at radius 3 is 3.17 bits per heavy atom. The lowest BCUT2D eigenvalue weighted by atomic mass is 10.1. The molecule has 0 aromatic carbocycles. The molecule has 1 aliphatic rings. The number of nitrogens with one attached hydrogen (secondary N) is 2. The maximum Gasteiger partial charge on any atom is 0.271 e. The van der Waals surface area contributed by atoms with Crippen molar-refractivity contribution in [1.82, 2.24) is 10.2 Å². The van der Waals surface area contributed by atoms with Crippen LogP contribution in [0.4, 0.5) is 5.69 Å². The first-order valence-electron chi connectivity index (χ1n) is 3.90. The Hall–Kier alpha value is -1.52. The van der Waals surface area contributed by atoms with Crippen molar-refractivity contribution in [2.45, 2.75) is 12.8 Å². The molecule has 1 aliphatic heterocycles. The quantitative estimate of drug-likeness (QED) is 0.543. The summed E-state index contributed by atoms with van der Waals surface area (Å²) >= 11 is 0. The first kappa shape index (κ1) is 7.15. The van der Waals surface area contributed by atoms with Crippen LogP contribution in [0.3, 0.4) is 0 Å². The van der Waals surface area contributed by atoms with Crippen LogP contribution in [-0.2, 0) is 6.42 Å². The fourth-order valence-electron chi connectivity index (χ4n) is 1.41. The van der Waals surface area contributed by atoms with Crippen LogP contribution in [0.25, 0.3) is 0 Å². The van der Waals surface area contributed by atoms with E-state index in [1.54, 1.807) is 0 Å². The van der Waals surface area contributed by atoms with Gasteiger partial charge in [-0.1, -0.05) is 0 Å². The number of anilines is 1. The average Bonchev–Trinajstić information content (AvgIpc) is 2.47. The van der Waals surface area contributed by atoms with E-state index in [0.29, 0.717) is 5.69 Å². The summed E-state index contributed by atoms with van der Waals surface area (Å²) in [7, 11) is 0. The minimum atomic E-state index is -0.484. The Morgan fingerprint density at radius 2 is 2.42 bits per heavy atom. The molecule has 64 valence electrons. The monoisotopic (exact) mass is 166 g/mol. The maximum absolute atomic E-state index is 10.8. The van der Waals surface area contributed by atoms with Crippen molar-refractivity contribution >= 4 is 11.6 Å². The molecule has 0 aliphatic carbocycles. The topological polar surface area (TPSA) is 83.8 Å². The van der Waals surface area contributed by atoms with Gasteiger partial charge in [0.15, 0.2) is 5.69 Å². The number of primary amides is 1. The van der Waals surface area contributed by atoms with E-state index in [4.69, 9.17) is 5.73 Å². The van der Waals surface area contributed by atoms with Gasteiger partial charge in [-0.15, -0.1) is 0 Å². The normalized spacial score (nSPS) is 15.0. The predicted molar refractivity (Wildman–Crippen MR) is 43.9 cm³/mol. The molecule has 12 heavy (non-hydrogen) atoms. The summed E-state index contributed by atoms with van der Waals surface area (Å²) in [5.41, 5.74) is 7.21. The van der Waals surface area contributed by atoms with Gasteiger partial charge in [0.25, 0.3) is 5.91 Å². The summed E-state index contributed by atoms with van der Waals surface area (Å²) in [6.45, 7) is 0.882. The van der Waals surface area contributed by atoms with E-state index in [9.17, 15) is 4.79 Å². The lowest BCUT2D eigenvalue weighted by Crippen LogP contribution is -2.17. The number of fused-ring (bicyclic) bond motifs is 1. The van der Waals surface area contributed by atoms with Gasteiger partial charge in [-0.25, -0.2) is 0 Å². The highest BCUT2D eigenvalue weighted by Gasteiger charge is 2.19. The third-order valence-electron chi connectivity index (χ3n) is 1.98. The molecule has 2 heterocycles. The summed E-state index contributed by atoms with van der Waals surface area (Å²) < 4.78 is 0. The van der Waals surface area contributed by atoms with Gasteiger partial charge in [0, 0.05) is 6.54 Å². The smallest absolute Gasteiger partial charge is 0.271 e. The van der Waals surface area contributed by atoms with Crippen LogP contribution in [0.5, 0.6) is 0 Å². The molecule has 0 radical (unpaired) electrons.